The Hall–Kier alpha value is -1.06. The van der Waals surface area contributed by atoms with E-state index in [1.54, 1.807) is 0 Å². The van der Waals surface area contributed by atoms with Gasteiger partial charge in [0.25, 0.3) is 0 Å². The molecule has 2 aliphatic heterocycles. The van der Waals surface area contributed by atoms with Crippen molar-refractivity contribution in [1.29, 1.82) is 0 Å². The van der Waals surface area contributed by atoms with Gasteiger partial charge >= 0.3 is 0 Å². The Kier molecular flexibility index (Phi) is 4.74. The van der Waals surface area contributed by atoms with Crippen molar-refractivity contribution in [3.63, 3.8) is 0 Å². The minimum atomic E-state index is 0. The molecule has 120 valence electrons. The highest BCUT2D eigenvalue weighted by Gasteiger charge is 2.35. The van der Waals surface area contributed by atoms with E-state index in [1.807, 2.05) is 0 Å². The second-order valence-electron chi connectivity index (χ2n) is 6.85. The van der Waals surface area contributed by atoms with Gasteiger partial charge in [-0.05, 0) is 49.7 Å². The smallest absolute Gasteiger partial charge is 0.230 e. The van der Waals surface area contributed by atoms with E-state index in [0.717, 1.165) is 38.8 Å². The third-order valence-electron chi connectivity index (χ3n) is 5.50. The molecule has 3 unspecified atom stereocenters. The zero-order chi connectivity index (χ0) is 14.2. The van der Waals surface area contributed by atoms with E-state index in [-0.39, 0.29) is 18.3 Å². The number of carbonyl (C=O) groups is 1. The van der Waals surface area contributed by atoms with Gasteiger partial charge in [-0.25, -0.2) is 0 Å². The van der Waals surface area contributed by atoms with E-state index >= 15 is 0 Å². The first-order valence-corrected chi connectivity index (χ1v) is 8.44. The highest BCUT2D eigenvalue weighted by Crippen LogP contribution is 2.33. The average Bonchev–Trinajstić information content (AvgIpc) is 2.85. The number of nitrogens with one attached hydrogen (secondary N) is 1. The van der Waals surface area contributed by atoms with Crippen LogP contribution in [0.3, 0.4) is 0 Å². The third-order valence-corrected chi connectivity index (χ3v) is 5.50. The monoisotopic (exact) mass is 320 g/mol. The Bertz CT molecular complexity index is 548. The molecule has 3 atom stereocenters. The molecule has 0 spiro atoms. The molecule has 2 fully saturated rings. The van der Waals surface area contributed by atoms with Crippen LogP contribution < -0.4 is 5.32 Å². The number of carbonyl (C=O) groups excluding carboxylic acids is 1. The number of rotatable bonds is 1. The summed E-state index contributed by atoms with van der Waals surface area (Å²) in [4.78, 5) is 15.2. The van der Waals surface area contributed by atoms with Gasteiger partial charge in [0.05, 0.1) is 5.92 Å². The molecule has 0 saturated carbocycles. The largest absolute Gasteiger partial charge is 0.341 e. The van der Waals surface area contributed by atoms with Crippen LogP contribution in [0.4, 0.5) is 0 Å². The van der Waals surface area contributed by atoms with Gasteiger partial charge in [-0.1, -0.05) is 24.3 Å². The zero-order valence-corrected chi connectivity index (χ0v) is 13.8. The van der Waals surface area contributed by atoms with Gasteiger partial charge in [0.1, 0.15) is 0 Å². The fraction of sp³-hybridized carbons (Fsp3) is 0.611. The van der Waals surface area contributed by atoms with Crippen LogP contribution in [0.15, 0.2) is 24.3 Å². The van der Waals surface area contributed by atoms with Crippen molar-refractivity contribution in [2.75, 3.05) is 13.1 Å². The minimum absolute atomic E-state index is 0. The van der Waals surface area contributed by atoms with E-state index in [1.165, 1.54) is 24.0 Å². The SMILES string of the molecule is Cl.O=C(C1CCCc2ccccc21)N1CCC2CCC(C1)N2. The van der Waals surface area contributed by atoms with Crippen LogP contribution in [0, 0.1) is 0 Å². The Labute approximate surface area is 138 Å². The molecule has 1 aliphatic carbocycles. The zero-order valence-electron chi connectivity index (χ0n) is 13.0. The van der Waals surface area contributed by atoms with Crippen LogP contribution in [-0.4, -0.2) is 36.0 Å². The topological polar surface area (TPSA) is 32.3 Å². The molecule has 22 heavy (non-hydrogen) atoms. The van der Waals surface area contributed by atoms with Gasteiger partial charge in [0.2, 0.25) is 5.91 Å². The summed E-state index contributed by atoms with van der Waals surface area (Å²) >= 11 is 0. The lowest BCUT2D eigenvalue weighted by Gasteiger charge is -2.31. The van der Waals surface area contributed by atoms with Crippen LogP contribution in [0.25, 0.3) is 0 Å². The molecule has 1 amide bonds. The molecule has 2 saturated heterocycles. The first-order valence-electron chi connectivity index (χ1n) is 8.44. The summed E-state index contributed by atoms with van der Waals surface area (Å²) in [6, 6.07) is 9.71. The van der Waals surface area contributed by atoms with Crippen molar-refractivity contribution in [3.05, 3.63) is 35.4 Å². The number of benzene rings is 1. The van der Waals surface area contributed by atoms with Gasteiger partial charge in [0, 0.05) is 25.2 Å². The molecule has 2 heterocycles. The number of hydrogen-bond donors (Lipinski definition) is 1. The number of amides is 1. The summed E-state index contributed by atoms with van der Waals surface area (Å²) in [6.45, 7) is 1.85. The highest BCUT2D eigenvalue weighted by atomic mass is 35.5. The molecule has 1 aromatic carbocycles. The fourth-order valence-electron chi connectivity index (χ4n) is 4.37. The van der Waals surface area contributed by atoms with E-state index < -0.39 is 0 Å². The summed E-state index contributed by atoms with van der Waals surface area (Å²) in [5.41, 5.74) is 2.67. The molecule has 4 heteroatoms. The van der Waals surface area contributed by atoms with Gasteiger partial charge in [-0.2, -0.15) is 0 Å². The lowest BCUT2D eigenvalue weighted by atomic mass is 9.82. The third kappa shape index (κ3) is 2.89. The summed E-state index contributed by atoms with van der Waals surface area (Å²) in [6.07, 6.45) is 6.94. The van der Waals surface area contributed by atoms with E-state index in [0.29, 0.717) is 18.0 Å². The first-order chi connectivity index (χ1) is 10.3. The average molecular weight is 321 g/mol. The van der Waals surface area contributed by atoms with Crippen molar-refractivity contribution < 1.29 is 4.79 Å². The van der Waals surface area contributed by atoms with E-state index in [9.17, 15) is 4.79 Å². The van der Waals surface area contributed by atoms with Crippen LogP contribution >= 0.6 is 12.4 Å². The van der Waals surface area contributed by atoms with Crippen LogP contribution in [0.5, 0.6) is 0 Å². The number of nitrogens with zero attached hydrogens (tertiary/aromatic N) is 1. The summed E-state index contributed by atoms with van der Waals surface area (Å²) in [5, 5.41) is 3.67. The Morgan fingerprint density at radius 2 is 1.91 bits per heavy atom. The molecular weight excluding hydrogens is 296 g/mol. The molecule has 1 aromatic rings. The van der Waals surface area contributed by atoms with E-state index in [2.05, 4.69) is 34.5 Å². The predicted octanol–water partition coefficient (Wildman–Crippen LogP) is 2.88. The fourth-order valence-corrected chi connectivity index (χ4v) is 4.37. The number of likely N-dealkylation sites (tertiary alicyclic amines) is 1. The molecule has 4 rings (SSSR count). The van der Waals surface area contributed by atoms with Gasteiger partial charge in [-0.15, -0.1) is 12.4 Å². The van der Waals surface area contributed by atoms with Crippen molar-refractivity contribution in [1.82, 2.24) is 10.2 Å². The second kappa shape index (κ2) is 6.59. The molecule has 0 radical (unpaired) electrons. The Morgan fingerprint density at radius 3 is 2.82 bits per heavy atom. The molecular formula is C18H25ClN2O. The maximum atomic E-state index is 13.0. The van der Waals surface area contributed by atoms with Crippen LogP contribution in [0.2, 0.25) is 0 Å². The Morgan fingerprint density at radius 1 is 1.09 bits per heavy atom. The lowest BCUT2D eigenvalue weighted by Crippen LogP contribution is -2.42. The minimum Gasteiger partial charge on any atom is -0.341 e. The summed E-state index contributed by atoms with van der Waals surface area (Å²) in [5.74, 6) is 0.475. The quantitative estimate of drug-likeness (QED) is 0.863. The number of halogens is 1. The lowest BCUT2D eigenvalue weighted by molar-refractivity contribution is -0.133. The van der Waals surface area contributed by atoms with Gasteiger partial charge < -0.3 is 10.2 Å². The van der Waals surface area contributed by atoms with Crippen molar-refractivity contribution >= 4 is 18.3 Å². The predicted molar refractivity (Wildman–Crippen MR) is 90.5 cm³/mol. The van der Waals surface area contributed by atoms with E-state index in [4.69, 9.17) is 0 Å². The maximum absolute atomic E-state index is 13.0. The van der Waals surface area contributed by atoms with Crippen LogP contribution in [0.1, 0.15) is 49.1 Å². The Balaban J connectivity index is 0.00000144. The molecule has 3 nitrogen and oxygen atoms in total. The second-order valence-corrected chi connectivity index (χ2v) is 6.85. The molecule has 0 aromatic heterocycles. The summed E-state index contributed by atoms with van der Waals surface area (Å²) < 4.78 is 0. The number of aryl methyl sites for hydroxylation is 1. The highest BCUT2D eigenvalue weighted by molar-refractivity contribution is 5.85. The van der Waals surface area contributed by atoms with Crippen molar-refractivity contribution in [2.45, 2.75) is 56.5 Å². The van der Waals surface area contributed by atoms with Crippen LogP contribution in [-0.2, 0) is 11.2 Å². The van der Waals surface area contributed by atoms with Crippen molar-refractivity contribution in [3.8, 4) is 0 Å². The number of hydrogen-bond acceptors (Lipinski definition) is 2. The maximum Gasteiger partial charge on any atom is 0.230 e. The molecule has 2 bridgehead atoms. The standard InChI is InChI=1S/C18H24N2O.ClH/c21-18(20-11-10-14-8-9-15(12-20)19-14)17-7-3-5-13-4-1-2-6-16(13)17;/h1-2,4,6,14-15,17,19H,3,5,7-12H2;1H. The normalized spacial score (nSPS) is 30.2. The summed E-state index contributed by atoms with van der Waals surface area (Å²) in [7, 11) is 0. The van der Waals surface area contributed by atoms with Crippen molar-refractivity contribution in [2.24, 2.45) is 0 Å². The van der Waals surface area contributed by atoms with Gasteiger partial charge in [-0.3, -0.25) is 4.79 Å². The number of fused-ring (bicyclic) bond motifs is 3. The van der Waals surface area contributed by atoms with Gasteiger partial charge in [0.15, 0.2) is 0 Å². The molecule has 1 N–H and O–H groups in total. The molecule has 3 aliphatic rings. The first kappa shape index (κ1) is 15.8.